The van der Waals surface area contributed by atoms with E-state index in [1.807, 2.05) is 6.07 Å². The zero-order chi connectivity index (χ0) is 17.2. The highest BCUT2D eigenvalue weighted by Gasteiger charge is 2.27. The Morgan fingerprint density at radius 3 is 1.87 bits per heavy atom. The Morgan fingerprint density at radius 2 is 1.43 bits per heavy atom. The molecule has 0 radical (unpaired) electrons. The monoisotopic (exact) mass is 335 g/mol. The van der Waals surface area contributed by atoms with Crippen LogP contribution < -0.4 is 0 Å². The molecule has 4 N–H and O–H groups in total. The third-order valence-electron chi connectivity index (χ3n) is 2.63. The van der Waals surface area contributed by atoms with E-state index in [-0.39, 0.29) is 0 Å². The summed E-state index contributed by atoms with van der Waals surface area (Å²) in [6, 6.07) is 17.2. The molecule has 0 fully saturated rings. The minimum atomic E-state index is -2.53. The SMILES string of the molecule is O=C(O)C(O)=Cc1ccccc1.O=[P+](O)C(O)c1ccccc1. The summed E-state index contributed by atoms with van der Waals surface area (Å²) in [6.45, 7) is 0. The van der Waals surface area contributed by atoms with Gasteiger partial charge in [-0.05, 0) is 16.2 Å². The lowest BCUT2D eigenvalue weighted by Gasteiger charge is -1.94. The Balaban J connectivity index is 0.000000231. The number of hydrogen-bond donors (Lipinski definition) is 4. The number of aliphatic hydroxyl groups excluding tert-OH is 2. The van der Waals surface area contributed by atoms with E-state index in [0.717, 1.165) is 0 Å². The number of benzene rings is 2. The summed E-state index contributed by atoms with van der Waals surface area (Å²) in [5, 5.41) is 26.2. The van der Waals surface area contributed by atoms with Crippen molar-refractivity contribution in [1.29, 1.82) is 0 Å². The maximum absolute atomic E-state index is 10.4. The van der Waals surface area contributed by atoms with Crippen LogP contribution in [0, 0.1) is 0 Å². The van der Waals surface area contributed by atoms with Gasteiger partial charge in [0.1, 0.15) is 0 Å². The van der Waals surface area contributed by atoms with E-state index < -0.39 is 25.6 Å². The van der Waals surface area contributed by atoms with Crippen LogP contribution in [0.1, 0.15) is 17.0 Å². The molecular weight excluding hydrogens is 319 g/mol. The molecule has 0 saturated heterocycles. The lowest BCUT2D eigenvalue weighted by atomic mass is 10.2. The van der Waals surface area contributed by atoms with Gasteiger partial charge in [0.05, 0.1) is 0 Å². The predicted molar refractivity (Wildman–Crippen MR) is 85.9 cm³/mol. The van der Waals surface area contributed by atoms with Crippen LogP contribution in [0.2, 0.25) is 0 Å². The van der Waals surface area contributed by atoms with Crippen molar-refractivity contribution in [2.45, 2.75) is 5.85 Å². The molecule has 0 amide bonds. The second-order valence-corrected chi connectivity index (χ2v) is 5.43. The van der Waals surface area contributed by atoms with E-state index in [1.165, 1.54) is 6.08 Å². The molecule has 2 rings (SSSR count). The Labute approximate surface area is 133 Å². The van der Waals surface area contributed by atoms with Gasteiger partial charge in [-0.25, -0.2) is 4.79 Å². The molecule has 2 atom stereocenters. The van der Waals surface area contributed by atoms with Crippen molar-refractivity contribution in [2.24, 2.45) is 0 Å². The number of carbonyl (C=O) groups is 1. The van der Waals surface area contributed by atoms with Crippen LogP contribution >= 0.6 is 8.03 Å². The van der Waals surface area contributed by atoms with E-state index in [9.17, 15) is 9.36 Å². The van der Waals surface area contributed by atoms with E-state index in [0.29, 0.717) is 11.1 Å². The van der Waals surface area contributed by atoms with Crippen LogP contribution in [0.3, 0.4) is 0 Å². The second-order valence-electron chi connectivity index (χ2n) is 4.33. The number of aliphatic hydroxyl groups is 2. The topological polar surface area (TPSA) is 115 Å². The van der Waals surface area contributed by atoms with Crippen molar-refractivity contribution in [1.82, 2.24) is 0 Å². The van der Waals surface area contributed by atoms with Gasteiger partial charge in [-0.3, -0.25) is 0 Å². The van der Waals surface area contributed by atoms with Crippen molar-refractivity contribution in [3.05, 3.63) is 77.5 Å². The van der Waals surface area contributed by atoms with Gasteiger partial charge in [0.25, 0.3) is 0 Å². The summed E-state index contributed by atoms with van der Waals surface area (Å²) in [7, 11) is -2.53. The lowest BCUT2D eigenvalue weighted by molar-refractivity contribution is -0.135. The standard InChI is InChI=1S/C9H8O3.C7H7O3P/c10-8(9(11)12)6-7-4-2-1-3-5-7;8-7(11(9)10)6-4-2-1-3-5-6/h1-6,10H,(H,11,12);1-5,7-8H/p+1. The summed E-state index contributed by atoms with van der Waals surface area (Å²) >= 11 is 0. The Morgan fingerprint density at radius 1 is 0.957 bits per heavy atom. The summed E-state index contributed by atoms with van der Waals surface area (Å²) in [5.41, 5.74) is 1.13. The zero-order valence-corrected chi connectivity index (χ0v) is 12.9. The van der Waals surface area contributed by atoms with Gasteiger partial charge >= 0.3 is 19.8 Å². The number of carboxylic acid groups (broad SMARTS) is 1. The smallest absolute Gasteiger partial charge is 0.502 e. The fraction of sp³-hybridized carbons (Fsp3) is 0.0625. The third-order valence-corrected chi connectivity index (χ3v) is 3.35. The Hall–Kier alpha value is -2.53. The molecule has 2 unspecified atom stereocenters. The second kappa shape index (κ2) is 9.48. The largest absolute Gasteiger partial charge is 0.542 e. The van der Waals surface area contributed by atoms with Crippen molar-refractivity contribution in [3.8, 4) is 0 Å². The Bertz CT molecular complexity index is 669. The fourth-order valence-electron chi connectivity index (χ4n) is 1.52. The minimum Gasteiger partial charge on any atom is -0.502 e. The molecule has 0 spiro atoms. The summed E-state index contributed by atoms with van der Waals surface area (Å²) in [6.07, 6.45) is 1.20. The first kappa shape index (κ1) is 18.5. The average Bonchev–Trinajstić information content (AvgIpc) is 2.56. The van der Waals surface area contributed by atoms with Crippen LogP contribution in [0.5, 0.6) is 0 Å². The molecule has 0 aliphatic heterocycles. The molecule has 2 aromatic rings. The van der Waals surface area contributed by atoms with Crippen molar-refractivity contribution < 1.29 is 29.6 Å². The molecule has 0 heterocycles. The summed E-state index contributed by atoms with van der Waals surface area (Å²) in [4.78, 5) is 18.7. The summed E-state index contributed by atoms with van der Waals surface area (Å²) in [5.74, 6) is -3.23. The summed E-state index contributed by atoms with van der Waals surface area (Å²) < 4.78 is 10.4. The van der Waals surface area contributed by atoms with Crippen LogP contribution in [-0.4, -0.2) is 26.2 Å². The fourth-order valence-corrected chi connectivity index (χ4v) is 1.95. The van der Waals surface area contributed by atoms with Crippen molar-refractivity contribution in [3.63, 3.8) is 0 Å². The van der Waals surface area contributed by atoms with Gasteiger partial charge < -0.3 is 15.3 Å². The van der Waals surface area contributed by atoms with Gasteiger partial charge in [0, 0.05) is 5.56 Å². The molecule has 0 bridgehead atoms. The highest BCUT2D eigenvalue weighted by Crippen LogP contribution is 2.34. The van der Waals surface area contributed by atoms with Gasteiger partial charge in [0.15, 0.2) is 0 Å². The predicted octanol–water partition coefficient (Wildman–Crippen LogP) is 3.08. The molecular formula is C16H16O6P+. The quantitative estimate of drug-likeness (QED) is 0.388. The third kappa shape index (κ3) is 6.84. The van der Waals surface area contributed by atoms with Crippen LogP contribution in [0.25, 0.3) is 6.08 Å². The molecule has 0 aromatic heterocycles. The molecule has 0 aliphatic carbocycles. The molecule has 0 saturated carbocycles. The molecule has 6 nitrogen and oxygen atoms in total. The van der Waals surface area contributed by atoms with Crippen molar-refractivity contribution >= 4 is 20.1 Å². The number of hydrogen-bond acceptors (Lipinski definition) is 4. The van der Waals surface area contributed by atoms with Crippen LogP contribution in [-0.2, 0) is 9.36 Å². The first-order chi connectivity index (χ1) is 10.9. The van der Waals surface area contributed by atoms with E-state index in [1.54, 1.807) is 54.6 Å². The number of rotatable bonds is 4. The molecule has 23 heavy (non-hydrogen) atoms. The number of aliphatic carboxylic acids is 1. The highest BCUT2D eigenvalue weighted by atomic mass is 31.1. The van der Waals surface area contributed by atoms with Gasteiger partial charge in [-0.1, -0.05) is 60.7 Å². The molecule has 2 aromatic carbocycles. The van der Waals surface area contributed by atoms with E-state index >= 15 is 0 Å². The van der Waals surface area contributed by atoms with Gasteiger partial charge in [0.2, 0.25) is 5.76 Å². The van der Waals surface area contributed by atoms with Gasteiger partial charge in [-0.2, -0.15) is 4.89 Å². The van der Waals surface area contributed by atoms with E-state index in [4.69, 9.17) is 20.2 Å². The minimum absolute atomic E-state index is 0.469. The number of carboxylic acids is 1. The lowest BCUT2D eigenvalue weighted by Crippen LogP contribution is -1.98. The average molecular weight is 335 g/mol. The van der Waals surface area contributed by atoms with Crippen molar-refractivity contribution in [2.75, 3.05) is 0 Å². The highest BCUT2D eigenvalue weighted by molar-refractivity contribution is 7.38. The maximum atomic E-state index is 10.4. The molecule has 0 aliphatic rings. The Kier molecular flexibility index (Phi) is 7.63. The van der Waals surface area contributed by atoms with Crippen LogP contribution in [0.4, 0.5) is 0 Å². The first-order valence-electron chi connectivity index (χ1n) is 6.49. The van der Waals surface area contributed by atoms with Gasteiger partial charge in [-0.15, -0.1) is 0 Å². The molecule has 120 valence electrons. The first-order valence-corrected chi connectivity index (χ1v) is 7.77. The maximum Gasteiger partial charge on any atom is 0.542 e. The zero-order valence-electron chi connectivity index (χ0n) is 12.0. The van der Waals surface area contributed by atoms with Crippen LogP contribution in [0.15, 0.2) is 66.4 Å². The molecule has 7 heteroatoms. The van der Waals surface area contributed by atoms with E-state index in [2.05, 4.69) is 0 Å². The normalized spacial score (nSPS) is 12.6.